The quantitative estimate of drug-likeness (QED) is 0.647. The fourth-order valence-electron chi connectivity index (χ4n) is 2.29. The molecule has 3 aromatic rings. The van der Waals surface area contributed by atoms with Crippen molar-refractivity contribution in [2.45, 2.75) is 13.3 Å². The third-order valence-electron chi connectivity index (χ3n) is 3.66. The smallest absolute Gasteiger partial charge is 0.273 e. The Labute approximate surface area is 146 Å². The van der Waals surface area contributed by atoms with Crippen molar-refractivity contribution in [3.63, 3.8) is 0 Å². The number of amides is 1. The first-order chi connectivity index (χ1) is 12.2. The Balaban J connectivity index is 1.42. The summed E-state index contributed by atoms with van der Waals surface area (Å²) in [4.78, 5) is 16.4. The van der Waals surface area contributed by atoms with Crippen LogP contribution in [0.5, 0.6) is 0 Å². The second-order valence-corrected chi connectivity index (χ2v) is 5.70. The van der Waals surface area contributed by atoms with E-state index in [1.54, 1.807) is 6.07 Å². The lowest BCUT2D eigenvalue weighted by atomic mass is 10.1. The van der Waals surface area contributed by atoms with E-state index < -0.39 is 0 Å². The number of aromatic nitrogens is 2. The van der Waals surface area contributed by atoms with Crippen LogP contribution in [0.4, 0.5) is 5.82 Å². The summed E-state index contributed by atoms with van der Waals surface area (Å²) in [6.07, 6.45) is 2.60. The summed E-state index contributed by atoms with van der Waals surface area (Å²) in [7, 11) is 0. The molecule has 128 valence electrons. The van der Waals surface area contributed by atoms with Gasteiger partial charge in [0.25, 0.3) is 5.91 Å². The molecule has 0 spiro atoms. The number of pyridine rings is 1. The van der Waals surface area contributed by atoms with E-state index in [1.165, 1.54) is 0 Å². The number of rotatable bonds is 7. The van der Waals surface area contributed by atoms with E-state index in [0.717, 1.165) is 29.9 Å². The molecule has 0 aliphatic rings. The van der Waals surface area contributed by atoms with Crippen LogP contribution in [0, 0.1) is 6.92 Å². The molecule has 0 atom stereocenters. The Kier molecular flexibility index (Phi) is 5.41. The van der Waals surface area contributed by atoms with Crippen LogP contribution < -0.4 is 10.6 Å². The molecular weight excluding hydrogens is 316 g/mol. The summed E-state index contributed by atoms with van der Waals surface area (Å²) < 4.78 is 5.24. The predicted octanol–water partition coefficient (Wildman–Crippen LogP) is 3.28. The molecule has 0 fully saturated rings. The van der Waals surface area contributed by atoms with E-state index in [1.807, 2.05) is 55.6 Å². The number of carbonyl (C=O) groups excluding carboxylic acids is 1. The first-order valence-electron chi connectivity index (χ1n) is 8.19. The molecule has 1 aromatic carbocycles. The first kappa shape index (κ1) is 16.7. The van der Waals surface area contributed by atoms with Gasteiger partial charge in [0.1, 0.15) is 5.82 Å². The largest absolute Gasteiger partial charge is 0.370 e. The number of hydrogen-bond donors (Lipinski definition) is 2. The minimum absolute atomic E-state index is 0.237. The molecule has 0 saturated carbocycles. The normalized spacial score (nSPS) is 10.4. The molecule has 2 heterocycles. The molecule has 1 amide bonds. The third-order valence-corrected chi connectivity index (χ3v) is 3.66. The number of carbonyl (C=O) groups is 1. The first-order valence-corrected chi connectivity index (χ1v) is 8.19. The van der Waals surface area contributed by atoms with E-state index >= 15 is 0 Å². The molecule has 0 aliphatic carbocycles. The predicted molar refractivity (Wildman–Crippen MR) is 96.4 cm³/mol. The topological polar surface area (TPSA) is 80.0 Å². The monoisotopic (exact) mass is 336 g/mol. The maximum absolute atomic E-state index is 12.1. The van der Waals surface area contributed by atoms with Gasteiger partial charge in [-0.05, 0) is 25.0 Å². The van der Waals surface area contributed by atoms with E-state index in [2.05, 4.69) is 20.8 Å². The number of anilines is 1. The van der Waals surface area contributed by atoms with Crippen LogP contribution in [0.3, 0.4) is 0 Å². The molecule has 2 N–H and O–H groups in total. The van der Waals surface area contributed by atoms with E-state index in [9.17, 15) is 4.79 Å². The van der Waals surface area contributed by atoms with Gasteiger partial charge in [-0.2, -0.15) is 0 Å². The maximum atomic E-state index is 12.1. The van der Waals surface area contributed by atoms with Crippen LogP contribution in [-0.2, 0) is 0 Å². The number of hydrogen-bond acceptors (Lipinski definition) is 5. The van der Waals surface area contributed by atoms with Crippen LogP contribution in [0.25, 0.3) is 11.3 Å². The zero-order valence-electron chi connectivity index (χ0n) is 14.0. The average molecular weight is 336 g/mol. The number of benzene rings is 1. The molecule has 6 nitrogen and oxygen atoms in total. The highest BCUT2D eigenvalue weighted by Gasteiger charge is 2.12. The molecule has 0 radical (unpaired) electrons. The Morgan fingerprint density at radius 2 is 1.96 bits per heavy atom. The average Bonchev–Trinajstić information content (AvgIpc) is 3.14. The Morgan fingerprint density at radius 3 is 2.72 bits per heavy atom. The van der Waals surface area contributed by atoms with Gasteiger partial charge in [0, 0.05) is 30.9 Å². The fourth-order valence-corrected chi connectivity index (χ4v) is 2.29. The zero-order chi connectivity index (χ0) is 17.5. The summed E-state index contributed by atoms with van der Waals surface area (Å²) in [6.45, 7) is 3.27. The van der Waals surface area contributed by atoms with Crippen LogP contribution in [0.15, 0.2) is 59.3 Å². The van der Waals surface area contributed by atoms with Gasteiger partial charge in [0.2, 0.25) is 0 Å². The van der Waals surface area contributed by atoms with Gasteiger partial charge in [-0.1, -0.05) is 41.6 Å². The molecule has 0 saturated heterocycles. The van der Waals surface area contributed by atoms with E-state index in [-0.39, 0.29) is 11.6 Å². The van der Waals surface area contributed by atoms with E-state index in [0.29, 0.717) is 12.3 Å². The highest BCUT2D eigenvalue weighted by molar-refractivity contribution is 5.93. The molecule has 3 rings (SSSR count). The minimum Gasteiger partial charge on any atom is -0.370 e. The Morgan fingerprint density at radius 1 is 1.12 bits per heavy atom. The van der Waals surface area contributed by atoms with Gasteiger partial charge >= 0.3 is 0 Å². The van der Waals surface area contributed by atoms with Gasteiger partial charge in [-0.25, -0.2) is 4.98 Å². The second-order valence-electron chi connectivity index (χ2n) is 5.70. The van der Waals surface area contributed by atoms with Gasteiger partial charge in [0.15, 0.2) is 11.5 Å². The Hall–Kier alpha value is -3.15. The summed E-state index contributed by atoms with van der Waals surface area (Å²) in [6, 6.07) is 15.2. The molecule has 0 unspecified atom stereocenters. The van der Waals surface area contributed by atoms with Crippen LogP contribution in [0.1, 0.15) is 22.5 Å². The molecule has 6 heteroatoms. The third kappa shape index (κ3) is 4.67. The van der Waals surface area contributed by atoms with Crippen LogP contribution in [-0.4, -0.2) is 29.1 Å². The summed E-state index contributed by atoms with van der Waals surface area (Å²) in [5.74, 6) is 1.18. The van der Waals surface area contributed by atoms with Gasteiger partial charge in [-0.3, -0.25) is 4.79 Å². The van der Waals surface area contributed by atoms with Crippen molar-refractivity contribution >= 4 is 11.7 Å². The van der Waals surface area contributed by atoms with Crippen molar-refractivity contribution in [2.75, 3.05) is 18.4 Å². The summed E-state index contributed by atoms with van der Waals surface area (Å²) in [5.41, 5.74) is 2.30. The van der Waals surface area contributed by atoms with Crippen molar-refractivity contribution in [2.24, 2.45) is 0 Å². The second kappa shape index (κ2) is 8.10. The zero-order valence-corrected chi connectivity index (χ0v) is 14.0. The van der Waals surface area contributed by atoms with Crippen molar-refractivity contribution < 1.29 is 9.32 Å². The van der Waals surface area contributed by atoms with Gasteiger partial charge in [-0.15, -0.1) is 0 Å². The highest BCUT2D eigenvalue weighted by atomic mass is 16.5. The van der Waals surface area contributed by atoms with Crippen molar-refractivity contribution in [1.82, 2.24) is 15.5 Å². The highest BCUT2D eigenvalue weighted by Crippen LogP contribution is 2.19. The molecule has 2 aromatic heterocycles. The van der Waals surface area contributed by atoms with Crippen molar-refractivity contribution in [3.05, 3.63) is 66.0 Å². The number of nitrogens with zero attached hydrogens (tertiary/aromatic N) is 2. The Bertz CT molecular complexity index is 813. The van der Waals surface area contributed by atoms with Crippen molar-refractivity contribution in [1.29, 1.82) is 0 Å². The summed E-state index contributed by atoms with van der Waals surface area (Å²) >= 11 is 0. The minimum atomic E-state index is -0.237. The van der Waals surface area contributed by atoms with Gasteiger partial charge in [0.05, 0.1) is 0 Å². The van der Waals surface area contributed by atoms with Gasteiger partial charge < -0.3 is 15.2 Å². The van der Waals surface area contributed by atoms with Crippen molar-refractivity contribution in [3.8, 4) is 11.3 Å². The number of aryl methyl sites for hydroxylation is 1. The fraction of sp³-hybridized carbons (Fsp3) is 0.211. The lowest BCUT2D eigenvalue weighted by Crippen LogP contribution is -2.26. The van der Waals surface area contributed by atoms with E-state index in [4.69, 9.17) is 4.52 Å². The maximum Gasteiger partial charge on any atom is 0.273 e. The van der Waals surface area contributed by atoms with Crippen LogP contribution >= 0.6 is 0 Å². The molecule has 25 heavy (non-hydrogen) atoms. The lowest BCUT2D eigenvalue weighted by molar-refractivity contribution is 0.0944. The molecule has 0 bridgehead atoms. The number of nitrogens with one attached hydrogen (secondary N) is 2. The lowest BCUT2D eigenvalue weighted by Gasteiger charge is -2.06. The standard InChI is InChI=1S/C19H20N4O2/c1-14-8-9-18(22-13-14)20-10-5-11-21-19(24)16-12-17(25-23-16)15-6-3-2-4-7-15/h2-4,6-9,12-13H,5,10-11H2,1H3,(H,20,22)(H,21,24). The SMILES string of the molecule is Cc1ccc(NCCCNC(=O)c2cc(-c3ccccc3)on2)nc1. The summed E-state index contributed by atoms with van der Waals surface area (Å²) in [5, 5.41) is 9.89. The van der Waals surface area contributed by atoms with Crippen LogP contribution in [0.2, 0.25) is 0 Å². The molecular formula is C19H20N4O2. The molecule has 0 aliphatic heterocycles.